The maximum Gasteiger partial charge on any atom is 0.257 e. The molecule has 0 spiro atoms. The lowest BCUT2D eigenvalue weighted by Gasteiger charge is -2.08. The number of amides is 1. The number of hydrogen-bond donors (Lipinski definition) is 2. The number of benzene rings is 1. The van der Waals surface area contributed by atoms with E-state index in [1.165, 1.54) is 31.3 Å². The van der Waals surface area contributed by atoms with Crippen molar-refractivity contribution in [3.63, 3.8) is 0 Å². The van der Waals surface area contributed by atoms with Gasteiger partial charge in [0, 0.05) is 13.6 Å². The van der Waals surface area contributed by atoms with E-state index in [-0.39, 0.29) is 17.4 Å². The molecule has 0 fully saturated rings. The van der Waals surface area contributed by atoms with Gasteiger partial charge in [0.25, 0.3) is 5.91 Å². The molecule has 0 aromatic heterocycles. The Labute approximate surface area is 119 Å². The average molecular weight is 300 g/mol. The van der Waals surface area contributed by atoms with Crippen molar-refractivity contribution in [1.29, 1.82) is 0 Å². The van der Waals surface area contributed by atoms with E-state index in [1.54, 1.807) is 0 Å². The first-order valence-corrected chi connectivity index (χ1v) is 7.91. The van der Waals surface area contributed by atoms with Crippen LogP contribution in [0.5, 0.6) is 5.75 Å². The molecule has 0 saturated carbocycles. The van der Waals surface area contributed by atoms with E-state index in [0.29, 0.717) is 12.3 Å². The summed E-state index contributed by atoms with van der Waals surface area (Å²) < 4.78 is 31.5. The number of hydrogen-bond acceptors (Lipinski definition) is 4. The third-order valence-corrected chi connectivity index (χ3v) is 4.08. The summed E-state index contributed by atoms with van der Waals surface area (Å²) in [4.78, 5) is 11.2. The first-order valence-electron chi connectivity index (χ1n) is 6.42. The van der Waals surface area contributed by atoms with Gasteiger partial charge in [-0.05, 0) is 30.7 Å². The van der Waals surface area contributed by atoms with Crippen LogP contribution in [0.2, 0.25) is 0 Å². The molecule has 1 rings (SSSR count). The number of rotatable bonds is 8. The molecular weight excluding hydrogens is 280 g/mol. The number of likely N-dealkylation sites (N-methyl/N-ethyl adjacent to an activating group) is 1. The summed E-state index contributed by atoms with van der Waals surface area (Å²) in [5.41, 5.74) is 0. The number of unbranched alkanes of at least 4 members (excludes halogenated alkanes) is 1. The Bertz CT molecular complexity index is 526. The summed E-state index contributed by atoms with van der Waals surface area (Å²) >= 11 is 0. The molecule has 6 nitrogen and oxygen atoms in total. The molecule has 7 heteroatoms. The summed E-state index contributed by atoms with van der Waals surface area (Å²) in [6.45, 7) is 2.32. The Morgan fingerprint density at radius 2 is 1.90 bits per heavy atom. The van der Waals surface area contributed by atoms with Crippen molar-refractivity contribution in [3.8, 4) is 5.75 Å². The predicted octanol–water partition coefficient (Wildman–Crippen LogP) is 0.890. The highest BCUT2D eigenvalue weighted by Gasteiger charge is 2.13. The van der Waals surface area contributed by atoms with Crippen molar-refractivity contribution in [3.05, 3.63) is 24.3 Å². The number of nitrogens with one attached hydrogen (secondary N) is 2. The maximum absolute atomic E-state index is 11.9. The molecule has 0 bridgehead atoms. The number of ether oxygens (including phenoxy) is 1. The average Bonchev–Trinajstić information content (AvgIpc) is 2.45. The highest BCUT2D eigenvalue weighted by Crippen LogP contribution is 2.15. The zero-order valence-corrected chi connectivity index (χ0v) is 12.5. The van der Waals surface area contributed by atoms with Crippen LogP contribution in [0.15, 0.2) is 29.2 Å². The summed E-state index contributed by atoms with van der Waals surface area (Å²) in [5, 5.41) is 2.43. The van der Waals surface area contributed by atoms with E-state index in [4.69, 9.17) is 4.74 Å². The van der Waals surface area contributed by atoms with Gasteiger partial charge in [0.2, 0.25) is 10.0 Å². The quantitative estimate of drug-likeness (QED) is 0.698. The van der Waals surface area contributed by atoms with Crippen molar-refractivity contribution < 1.29 is 17.9 Å². The fraction of sp³-hybridized carbons (Fsp3) is 0.462. The number of sulfonamides is 1. The summed E-state index contributed by atoms with van der Waals surface area (Å²) in [6.07, 6.45) is 1.72. The van der Waals surface area contributed by atoms with E-state index in [1.807, 2.05) is 6.92 Å². The largest absolute Gasteiger partial charge is 0.484 e. The van der Waals surface area contributed by atoms with Crippen molar-refractivity contribution in [2.75, 3.05) is 20.2 Å². The molecule has 0 aliphatic heterocycles. The predicted molar refractivity (Wildman–Crippen MR) is 76.1 cm³/mol. The van der Waals surface area contributed by atoms with Gasteiger partial charge in [-0.2, -0.15) is 0 Å². The van der Waals surface area contributed by atoms with Gasteiger partial charge in [-0.3, -0.25) is 4.79 Å². The highest BCUT2D eigenvalue weighted by molar-refractivity contribution is 7.89. The zero-order valence-electron chi connectivity index (χ0n) is 11.7. The van der Waals surface area contributed by atoms with Crippen molar-refractivity contribution in [2.24, 2.45) is 0 Å². The lowest BCUT2D eigenvalue weighted by molar-refractivity contribution is -0.122. The molecule has 0 atom stereocenters. The molecule has 0 unspecified atom stereocenters. The second-order valence-corrected chi connectivity index (χ2v) is 5.95. The molecule has 112 valence electrons. The molecule has 0 heterocycles. The van der Waals surface area contributed by atoms with Crippen LogP contribution in [0.25, 0.3) is 0 Å². The number of carbonyl (C=O) groups excluding carboxylic acids is 1. The lowest BCUT2D eigenvalue weighted by Crippen LogP contribution is -2.25. The van der Waals surface area contributed by atoms with Crippen molar-refractivity contribution >= 4 is 15.9 Å². The second-order valence-electron chi connectivity index (χ2n) is 4.18. The first-order chi connectivity index (χ1) is 9.49. The number of carbonyl (C=O) groups is 1. The van der Waals surface area contributed by atoms with Crippen LogP contribution in [-0.4, -0.2) is 34.5 Å². The Hall–Kier alpha value is -1.60. The molecule has 0 aliphatic carbocycles. The van der Waals surface area contributed by atoms with Crippen LogP contribution >= 0.6 is 0 Å². The third kappa shape index (κ3) is 5.18. The van der Waals surface area contributed by atoms with Crippen LogP contribution in [-0.2, 0) is 14.8 Å². The molecule has 2 N–H and O–H groups in total. The van der Waals surface area contributed by atoms with Crippen LogP contribution in [0, 0.1) is 0 Å². The van der Waals surface area contributed by atoms with E-state index in [2.05, 4.69) is 10.0 Å². The van der Waals surface area contributed by atoms with Crippen LogP contribution in [0.1, 0.15) is 19.8 Å². The van der Waals surface area contributed by atoms with Gasteiger partial charge in [0.1, 0.15) is 5.75 Å². The fourth-order valence-electron chi connectivity index (χ4n) is 1.40. The van der Waals surface area contributed by atoms with Gasteiger partial charge in [0.05, 0.1) is 4.90 Å². The van der Waals surface area contributed by atoms with Gasteiger partial charge in [-0.1, -0.05) is 13.3 Å². The molecule has 0 radical (unpaired) electrons. The SMILES string of the molecule is CCCCNS(=O)(=O)c1ccc(OCC(=O)NC)cc1. The Morgan fingerprint density at radius 3 is 2.45 bits per heavy atom. The van der Waals surface area contributed by atoms with Crippen LogP contribution in [0.4, 0.5) is 0 Å². The van der Waals surface area contributed by atoms with Crippen LogP contribution in [0.3, 0.4) is 0 Å². The van der Waals surface area contributed by atoms with E-state index >= 15 is 0 Å². The van der Waals surface area contributed by atoms with E-state index in [9.17, 15) is 13.2 Å². The van der Waals surface area contributed by atoms with Crippen LogP contribution < -0.4 is 14.8 Å². The zero-order chi connectivity index (χ0) is 15.0. The van der Waals surface area contributed by atoms with Gasteiger partial charge in [-0.15, -0.1) is 0 Å². The van der Waals surface area contributed by atoms with Crippen molar-refractivity contribution in [1.82, 2.24) is 10.0 Å². The Kier molecular flexibility index (Phi) is 6.47. The van der Waals surface area contributed by atoms with Gasteiger partial charge in [-0.25, -0.2) is 13.1 Å². The highest BCUT2D eigenvalue weighted by atomic mass is 32.2. The lowest BCUT2D eigenvalue weighted by atomic mass is 10.3. The minimum absolute atomic E-state index is 0.0999. The topological polar surface area (TPSA) is 84.5 Å². The smallest absolute Gasteiger partial charge is 0.257 e. The van der Waals surface area contributed by atoms with E-state index in [0.717, 1.165) is 12.8 Å². The normalized spacial score (nSPS) is 11.1. The van der Waals surface area contributed by atoms with Gasteiger partial charge < -0.3 is 10.1 Å². The minimum Gasteiger partial charge on any atom is -0.484 e. The molecular formula is C13H20N2O4S. The minimum atomic E-state index is -3.47. The summed E-state index contributed by atoms with van der Waals surface area (Å²) in [5.74, 6) is 0.198. The molecule has 1 aromatic carbocycles. The molecule has 20 heavy (non-hydrogen) atoms. The molecule has 0 aliphatic rings. The fourth-order valence-corrected chi connectivity index (χ4v) is 2.48. The van der Waals surface area contributed by atoms with Gasteiger partial charge >= 0.3 is 0 Å². The molecule has 0 saturated heterocycles. The first kappa shape index (κ1) is 16.5. The monoisotopic (exact) mass is 300 g/mol. The van der Waals surface area contributed by atoms with Gasteiger partial charge in [0.15, 0.2) is 6.61 Å². The van der Waals surface area contributed by atoms with Crippen molar-refractivity contribution in [2.45, 2.75) is 24.7 Å². The third-order valence-electron chi connectivity index (χ3n) is 2.61. The standard InChI is InChI=1S/C13H20N2O4S/c1-3-4-9-15-20(17,18)12-7-5-11(6-8-12)19-10-13(16)14-2/h5-8,15H,3-4,9-10H2,1-2H3,(H,14,16). The Morgan fingerprint density at radius 1 is 1.25 bits per heavy atom. The Balaban J connectivity index is 2.63. The summed E-state index contributed by atoms with van der Waals surface area (Å²) in [6, 6.07) is 5.95. The molecule has 1 amide bonds. The maximum atomic E-state index is 11.9. The molecule has 1 aromatic rings. The summed E-state index contributed by atoms with van der Waals surface area (Å²) in [7, 11) is -1.95. The van der Waals surface area contributed by atoms with E-state index < -0.39 is 10.0 Å². The second kappa shape index (κ2) is 7.86.